The molecule has 0 saturated heterocycles. The predicted molar refractivity (Wildman–Crippen MR) is 119 cm³/mol. The van der Waals surface area contributed by atoms with Crippen LogP contribution in [0.4, 0.5) is 5.69 Å². The van der Waals surface area contributed by atoms with Gasteiger partial charge in [-0.05, 0) is 55.9 Å². The Labute approximate surface area is 185 Å². The van der Waals surface area contributed by atoms with Crippen LogP contribution in [0.25, 0.3) is 0 Å². The Hall–Kier alpha value is -1.93. The lowest BCUT2D eigenvalue weighted by atomic mass is 9.96. The van der Waals surface area contributed by atoms with Gasteiger partial charge in [-0.15, -0.1) is 0 Å². The first kappa shape index (κ1) is 22.3. The number of amides is 2. The third-order valence-corrected chi connectivity index (χ3v) is 8.02. The van der Waals surface area contributed by atoms with Crippen LogP contribution in [0.2, 0.25) is 0 Å². The van der Waals surface area contributed by atoms with Gasteiger partial charge in [-0.25, -0.2) is 13.1 Å². The lowest BCUT2D eigenvalue weighted by Gasteiger charge is -2.21. The van der Waals surface area contributed by atoms with Gasteiger partial charge in [0.05, 0.1) is 4.90 Å². The van der Waals surface area contributed by atoms with Crippen LogP contribution >= 0.6 is 0 Å². The molecule has 0 spiro atoms. The summed E-state index contributed by atoms with van der Waals surface area (Å²) in [4.78, 5) is 26.6. The quantitative estimate of drug-likeness (QED) is 0.672. The predicted octanol–water partition coefficient (Wildman–Crippen LogP) is 2.88. The summed E-state index contributed by atoms with van der Waals surface area (Å²) in [5, 5.41) is 3.07. The highest BCUT2D eigenvalue weighted by atomic mass is 32.2. The van der Waals surface area contributed by atoms with Crippen molar-refractivity contribution in [3.63, 3.8) is 0 Å². The average Bonchev–Trinajstić information content (AvgIpc) is 3.48. The highest BCUT2D eigenvalue weighted by molar-refractivity contribution is 7.89. The first-order valence-corrected chi connectivity index (χ1v) is 13.2. The summed E-state index contributed by atoms with van der Waals surface area (Å²) in [5.74, 6) is 0.198. The molecule has 0 aromatic heterocycles. The molecule has 170 valence electrons. The summed E-state index contributed by atoms with van der Waals surface area (Å²) in [7, 11) is -3.70. The summed E-state index contributed by atoms with van der Waals surface area (Å²) < 4.78 is 27.9. The number of anilines is 1. The minimum absolute atomic E-state index is 0.0737. The number of sulfonamides is 1. The van der Waals surface area contributed by atoms with Crippen LogP contribution in [0.5, 0.6) is 0 Å². The van der Waals surface area contributed by atoms with Crippen molar-refractivity contribution in [2.45, 2.75) is 81.6 Å². The van der Waals surface area contributed by atoms with Crippen LogP contribution in [0.1, 0.15) is 69.8 Å². The molecule has 4 rings (SSSR count). The number of nitrogens with zero attached hydrogens (tertiary/aromatic N) is 1. The largest absolute Gasteiger partial charge is 0.353 e. The molecule has 8 heteroatoms. The van der Waals surface area contributed by atoms with Gasteiger partial charge < -0.3 is 10.2 Å². The molecule has 0 unspecified atom stereocenters. The summed E-state index contributed by atoms with van der Waals surface area (Å²) in [6.45, 7) is 0.688. The van der Waals surface area contributed by atoms with Crippen molar-refractivity contribution in [1.82, 2.24) is 10.0 Å². The standard InChI is InChI=1S/C23H33N3O4S/c27-22(25-19-6-4-2-1-3-5-7-19)12-14-24-31(29,30)20-10-11-21-18(16-20)13-15-26(21)23(28)17-8-9-17/h10-11,16-17,19,24H,1-9,12-15H2,(H,25,27). The number of benzene rings is 1. The second-order valence-corrected chi connectivity index (χ2v) is 10.8. The van der Waals surface area contributed by atoms with E-state index in [2.05, 4.69) is 10.0 Å². The van der Waals surface area contributed by atoms with Crippen molar-refractivity contribution in [1.29, 1.82) is 0 Å². The number of rotatable bonds is 7. The molecule has 31 heavy (non-hydrogen) atoms. The Kier molecular flexibility index (Phi) is 6.96. The fourth-order valence-corrected chi connectivity index (χ4v) is 5.69. The van der Waals surface area contributed by atoms with Crippen LogP contribution in [-0.4, -0.2) is 39.4 Å². The molecule has 2 N–H and O–H groups in total. The summed E-state index contributed by atoms with van der Waals surface area (Å²) in [6.07, 6.45) is 10.7. The van der Waals surface area contributed by atoms with Gasteiger partial charge in [0.1, 0.15) is 0 Å². The van der Waals surface area contributed by atoms with Crippen LogP contribution in [0.15, 0.2) is 23.1 Å². The minimum Gasteiger partial charge on any atom is -0.353 e. The van der Waals surface area contributed by atoms with Gasteiger partial charge in [-0.3, -0.25) is 9.59 Å². The van der Waals surface area contributed by atoms with Crippen molar-refractivity contribution in [2.24, 2.45) is 5.92 Å². The Balaban J connectivity index is 1.29. The van der Waals surface area contributed by atoms with E-state index in [1.807, 2.05) is 0 Å². The SMILES string of the molecule is O=C(CCNS(=O)(=O)c1ccc2c(c1)CCN2C(=O)C1CC1)NC1CCCCCCC1. The van der Waals surface area contributed by atoms with Crippen molar-refractivity contribution >= 4 is 27.5 Å². The fraction of sp³-hybridized carbons (Fsp3) is 0.652. The molecule has 0 radical (unpaired) electrons. The summed E-state index contributed by atoms with van der Waals surface area (Å²) >= 11 is 0. The lowest BCUT2D eigenvalue weighted by molar-refractivity contribution is -0.122. The number of carbonyl (C=O) groups excluding carboxylic acids is 2. The topological polar surface area (TPSA) is 95.6 Å². The van der Waals surface area contributed by atoms with Gasteiger partial charge in [0.15, 0.2) is 0 Å². The third-order valence-electron chi connectivity index (χ3n) is 6.56. The van der Waals surface area contributed by atoms with Crippen molar-refractivity contribution in [2.75, 3.05) is 18.0 Å². The normalized spacial score (nSPS) is 20.1. The molecule has 0 bridgehead atoms. The van der Waals surface area contributed by atoms with E-state index in [0.29, 0.717) is 13.0 Å². The molecule has 2 saturated carbocycles. The minimum atomic E-state index is -3.70. The molecule has 0 atom stereocenters. The van der Waals surface area contributed by atoms with E-state index in [-0.39, 0.29) is 41.6 Å². The van der Waals surface area contributed by atoms with E-state index in [1.54, 1.807) is 23.1 Å². The first-order chi connectivity index (χ1) is 14.9. The van der Waals surface area contributed by atoms with Crippen molar-refractivity contribution < 1.29 is 18.0 Å². The third kappa shape index (κ3) is 5.66. The molecule has 1 aromatic rings. The smallest absolute Gasteiger partial charge is 0.240 e. The Morgan fingerprint density at radius 3 is 2.42 bits per heavy atom. The van der Waals surface area contributed by atoms with Gasteiger partial charge in [0, 0.05) is 37.2 Å². The molecule has 2 aliphatic carbocycles. The maximum Gasteiger partial charge on any atom is 0.240 e. The van der Waals surface area contributed by atoms with Gasteiger partial charge in [-0.2, -0.15) is 0 Å². The van der Waals surface area contributed by atoms with Gasteiger partial charge in [0.25, 0.3) is 0 Å². The second kappa shape index (κ2) is 9.69. The first-order valence-electron chi connectivity index (χ1n) is 11.7. The lowest BCUT2D eigenvalue weighted by Crippen LogP contribution is -2.37. The van der Waals surface area contributed by atoms with Gasteiger partial charge in [-0.1, -0.05) is 32.1 Å². The molecular weight excluding hydrogens is 414 g/mol. The molecule has 2 fully saturated rings. The number of fused-ring (bicyclic) bond motifs is 1. The van der Waals surface area contributed by atoms with E-state index >= 15 is 0 Å². The second-order valence-electron chi connectivity index (χ2n) is 9.06. The summed E-state index contributed by atoms with van der Waals surface area (Å²) in [5.41, 5.74) is 1.72. The molecule has 3 aliphatic rings. The van der Waals surface area contributed by atoms with Crippen molar-refractivity contribution in [3.8, 4) is 0 Å². The Bertz CT molecular complexity index is 919. The van der Waals surface area contributed by atoms with Crippen molar-refractivity contribution in [3.05, 3.63) is 23.8 Å². The van der Waals surface area contributed by atoms with Crippen LogP contribution in [-0.2, 0) is 26.0 Å². The van der Waals surface area contributed by atoms with E-state index in [1.165, 1.54) is 19.3 Å². The zero-order valence-corrected chi connectivity index (χ0v) is 18.9. The highest BCUT2D eigenvalue weighted by Gasteiger charge is 2.36. The zero-order valence-electron chi connectivity index (χ0n) is 18.1. The Morgan fingerprint density at radius 1 is 1.00 bits per heavy atom. The molecule has 7 nitrogen and oxygen atoms in total. The molecular formula is C23H33N3O4S. The monoisotopic (exact) mass is 447 g/mol. The van der Waals surface area contributed by atoms with Crippen LogP contribution in [0, 0.1) is 5.92 Å². The van der Waals surface area contributed by atoms with E-state index in [0.717, 1.165) is 49.8 Å². The number of carbonyl (C=O) groups is 2. The number of hydrogen-bond donors (Lipinski definition) is 2. The molecule has 1 heterocycles. The van der Waals surface area contributed by atoms with Gasteiger partial charge in [0.2, 0.25) is 21.8 Å². The van der Waals surface area contributed by atoms with Crippen LogP contribution < -0.4 is 14.9 Å². The summed E-state index contributed by atoms with van der Waals surface area (Å²) in [6, 6.07) is 5.15. The maximum atomic E-state index is 12.7. The van der Waals surface area contributed by atoms with Gasteiger partial charge >= 0.3 is 0 Å². The maximum absolute atomic E-state index is 12.7. The number of hydrogen-bond acceptors (Lipinski definition) is 4. The molecule has 1 aromatic carbocycles. The zero-order chi connectivity index (χ0) is 21.8. The number of nitrogens with one attached hydrogen (secondary N) is 2. The van der Waals surface area contributed by atoms with E-state index < -0.39 is 10.0 Å². The van der Waals surface area contributed by atoms with Crippen LogP contribution in [0.3, 0.4) is 0 Å². The van der Waals surface area contributed by atoms with E-state index in [4.69, 9.17) is 0 Å². The average molecular weight is 448 g/mol. The highest BCUT2D eigenvalue weighted by Crippen LogP contribution is 2.37. The molecule has 2 amide bonds. The fourth-order valence-electron chi connectivity index (χ4n) is 4.61. The molecule has 1 aliphatic heterocycles. The Morgan fingerprint density at radius 2 is 1.71 bits per heavy atom. The van der Waals surface area contributed by atoms with E-state index in [9.17, 15) is 18.0 Å².